The maximum absolute atomic E-state index is 13.9. The van der Waals surface area contributed by atoms with Gasteiger partial charge in [-0.3, -0.25) is 0 Å². The molecule has 0 amide bonds. The van der Waals surface area contributed by atoms with E-state index in [-0.39, 0.29) is 0 Å². The number of halogens is 1. The van der Waals surface area contributed by atoms with Crippen molar-refractivity contribution in [3.05, 3.63) is 99.6 Å². The highest BCUT2D eigenvalue weighted by atomic mass is 19.1. The van der Waals surface area contributed by atoms with Gasteiger partial charge in [0.15, 0.2) is 0 Å². The quantitative estimate of drug-likeness (QED) is 0.439. The van der Waals surface area contributed by atoms with Gasteiger partial charge in [0.05, 0.1) is 16.7 Å². The largest absolute Gasteiger partial charge is 0.356 e. The average Bonchev–Trinajstić information content (AvgIpc) is 2.93. The van der Waals surface area contributed by atoms with Gasteiger partial charge in [0.1, 0.15) is 5.82 Å². The Balaban J connectivity index is 2.13. The minimum atomic E-state index is -0.497. The summed E-state index contributed by atoms with van der Waals surface area (Å²) in [6, 6.07) is 20.1. The van der Waals surface area contributed by atoms with Crippen LogP contribution in [-0.4, -0.2) is 13.6 Å². The summed E-state index contributed by atoms with van der Waals surface area (Å²) in [7, 11) is 0. The zero-order chi connectivity index (χ0) is 17.8. The number of aromatic nitrogens is 3. The lowest BCUT2D eigenvalue weighted by molar-refractivity contribution is 0.629. The summed E-state index contributed by atoms with van der Waals surface area (Å²) in [5.41, 5.74) is 0.537. The molecule has 0 aliphatic rings. The van der Waals surface area contributed by atoms with Crippen LogP contribution in [0, 0.1) is 5.82 Å². The molecule has 0 saturated carbocycles. The summed E-state index contributed by atoms with van der Waals surface area (Å²) in [4.78, 5) is 26.2. The summed E-state index contributed by atoms with van der Waals surface area (Å²) < 4.78 is 17.6. The first-order chi connectivity index (χ1) is 12.7. The van der Waals surface area contributed by atoms with E-state index in [1.807, 2.05) is 18.2 Å². The molecule has 0 atom stereocenters. The van der Waals surface area contributed by atoms with Crippen molar-refractivity contribution in [2.45, 2.75) is 0 Å². The molecular formula is C20H12FN3O2. The number of hydrogen-bond donors (Lipinski definition) is 0. The monoisotopic (exact) mass is 345 g/mol. The molecule has 3 aromatic carbocycles. The third-order valence-electron chi connectivity index (χ3n) is 4.57. The van der Waals surface area contributed by atoms with Gasteiger partial charge in [-0.1, -0.05) is 36.4 Å². The van der Waals surface area contributed by atoms with Crippen LogP contribution in [0.5, 0.6) is 0 Å². The molecule has 0 aliphatic carbocycles. The van der Waals surface area contributed by atoms with Gasteiger partial charge in [0.25, 0.3) is 0 Å². The smallest absolute Gasteiger partial charge is 0.245 e. The topological polar surface area (TPSA) is 47.9 Å². The second kappa shape index (κ2) is 5.16. The van der Waals surface area contributed by atoms with Gasteiger partial charge in [-0.05, 0) is 36.4 Å². The summed E-state index contributed by atoms with van der Waals surface area (Å²) in [6.45, 7) is 0. The van der Waals surface area contributed by atoms with Gasteiger partial charge in [0.2, 0.25) is 0 Å². The summed E-state index contributed by atoms with van der Waals surface area (Å²) >= 11 is 0. The molecule has 5 nitrogen and oxygen atoms in total. The van der Waals surface area contributed by atoms with Crippen LogP contribution in [0.1, 0.15) is 0 Å². The first-order valence-electron chi connectivity index (χ1n) is 8.09. The highest BCUT2D eigenvalue weighted by molar-refractivity contribution is 6.04. The molecule has 6 heteroatoms. The maximum atomic E-state index is 13.9. The van der Waals surface area contributed by atoms with Gasteiger partial charge in [-0.15, -0.1) is 0 Å². The molecule has 0 spiro atoms. The SMILES string of the molecule is O=c1n(-c2ccccc2)c(=O)n2c3ccc(F)cc3c3ccccc3n12. The Labute approximate surface area is 145 Å². The van der Waals surface area contributed by atoms with E-state index < -0.39 is 17.2 Å². The fourth-order valence-corrected chi connectivity index (χ4v) is 3.46. The second-order valence-corrected chi connectivity index (χ2v) is 6.04. The highest BCUT2D eigenvalue weighted by Crippen LogP contribution is 2.24. The van der Waals surface area contributed by atoms with Gasteiger partial charge in [-0.25, -0.2) is 18.5 Å². The van der Waals surface area contributed by atoms with E-state index in [2.05, 4.69) is 0 Å². The molecule has 0 unspecified atom stereocenters. The van der Waals surface area contributed by atoms with E-state index in [1.54, 1.807) is 36.4 Å². The van der Waals surface area contributed by atoms with Crippen LogP contribution in [-0.2, 0) is 0 Å². The van der Waals surface area contributed by atoms with Crippen LogP contribution in [0.3, 0.4) is 0 Å². The highest BCUT2D eigenvalue weighted by Gasteiger charge is 2.18. The van der Waals surface area contributed by atoms with E-state index in [4.69, 9.17) is 0 Å². The summed E-state index contributed by atoms with van der Waals surface area (Å²) in [5.74, 6) is -0.398. The van der Waals surface area contributed by atoms with Crippen molar-refractivity contribution in [1.29, 1.82) is 0 Å². The van der Waals surface area contributed by atoms with Crippen molar-refractivity contribution < 1.29 is 4.39 Å². The van der Waals surface area contributed by atoms with Crippen LogP contribution < -0.4 is 11.4 Å². The summed E-state index contributed by atoms with van der Waals surface area (Å²) in [6.07, 6.45) is 0. The van der Waals surface area contributed by atoms with Crippen LogP contribution >= 0.6 is 0 Å². The van der Waals surface area contributed by atoms with Crippen LogP contribution in [0.2, 0.25) is 0 Å². The van der Waals surface area contributed by atoms with E-state index >= 15 is 0 Å². The van der Waals surface area contributed by atoms with Crippen molar-refractivity contribution in [2.75, 3.05) is 0 Å². The zero-order valence-electron chi connectivity index (χ0n) is 13.5. The van der Waals surface area contributed by atoms with E-state index in [0.29, 0.717) is 27.5 Å². The standard InChI is InChI=1S/C20H12FN3O2/c21-13-10-11-18-16(12-13)15-8-4-5-9-17(15)23-19(25)22(20(26)24(18)23)14-6-2-1-3-7-14/h1-12H. The van der Waals surface area contributed by atoms with Crippen LogP contribution in [0.15, 0.2) is 82.4 Å². The van der Waals surface area contributed by atoms with E-state index in [1.165, 1.54) is 27.2 Å². The Morgan fingerprint density at radius 3 is 2.00 bits per heavy atom. The van der Waals surface area contributed by atoms with Crippen molar-refractivity contribution in [1.82, 2.24) is 13.6 Å². The predicted octanol–water partition coefficient (Wildman–Crippen LogP) is 3.00. The molecule has 0 aliphatic heterocycles. The number of benzene rings is 3. The molecule has 26 heavy (non-hydrogen) atoms. The lowest BCUT2D eigenvalue weighted by Crippen LogP contribution is -2.25. The molecule has 2 heterocycles. The number of hydrogen-bond acceptors (Lipinski definition) is 2. The van der Waals surface area contributed by atoms with Crippen molar-refractivity contribution in [2.24, 2.45) is 0 Å². The Morgan fingerprint density at radius 2 is 1.27 bits per heavy atom. The molecule has 5 rings (SSSR count). The number of nitrogens with zero attached hydrogens (tertiary/aromatic N) is 3. The maximum Gasteiger partial charge on any atom is 0.356 e. The minimum Gasteiger partial charge on any atom is -0.245 e. The Hall–Kier alpha value is -3.67. The van der Waals surface area contributed by atoms with Crippen molar-refractivity contribution in [3.63, 3.8) is 0 Å². The number of rotatable bonds is 1. The first kappa shape index (κ1) is 14.7. The van der Waals surface area contributed by atoms with E-state index in [9.17, 15) is 14.0 Å². The predicted molar refractivity (Wildman–Crippen MR) is 97.7 cm³/mol. The normalized spacial score (nSPS) is 11.6. The molecular weight excluding hydrogens is 333 g/mol. The molecule has 0 N–H and O–H groups in total. The second-order valence-electron chi connectivity index (χ2n) is 6.04. The lowest BCUT2D eigenvalue weighted by Gasteiger charge is -2.08. The fourth-order valence-electron chi connectivity index (χ4n) is 3.46. The van der Waals surface area contributed by atoms with Gasteiger partial charge in [-0.2, -0.15) is 9.03 Å². The molecule has 126 valence electrons. The van der Waals surface area contributed by atoms with Crippen LogP contribution in [0.25, 0.3) is 27.5 Å². The molecule has 0 saturated heterocycles. The Bertz CT molecular complexity index is 1430. The molecule has 0 radical (unpaired) electrons. The lowest BCUT2D eigenvalue weighted by atomic mass is 10.1. The third kappa shape index (κ3) is 1.84. The molecule has 5 aromatic rings. The van der Waals surface area contributed by atoms with Gasteiger partial charge >= 0.3 is 11.4 Å². The number of para-hydroxylation sites is 2. The van der Waals surface area contributed by atoms with E-state index in [0.717, 1.165) is 4.57 Å². The fraction of sp³-hybridized carbons (Fsp3) is 0. The molecule has 0 fully saturated rings. The number of fused-ring (bicyclic) bond motifs is 6. The van der Waals surface area contributed by atoms with Crippen molar-refractivity contribution in [3.8, 4) is 5.69 Å². The van der Waals surface area contributed by atoms with Crippen molar-refractivity contribution >= 4 is 21.8 Å². The third-order valence-corrected chi connectivity index (χ3v) is 4.57. The molecule has 2 aromatic heterocycles. The Morgan fingerprint density at radius 1 is 0.654 bits per heavy atom. The average molecular weight is 345 g/mol. The zero-order valence-corrected chi connectivity index (χ0v) is 13.5. The minimum absolute atomic E-state index is 0.398. The molecule has 0 bridgehead atoms. The Kier molecular flexibility index (Phi) is 2.91. The summed E-state index contributed by atoms with van der Waals surface area (Å²) in [5, 5.41) is 1.28. The first-order valence-corrected chi connectivity index (χ1v) is 8.09. The van der Waals surface area contributed by atoms with Crippen LogP contribution in [0.4, 0.5) is 4.39 Å². The van der Waals surface area contributed by atoms with Gasteiger partial charge < -0.3 is 0 Å². The van der Waals surface area contributed by atoms with Gasteiger partial charge in [0, 0.05) is 10.8 Å².